The number of aromatic nitrogens is 1. The van der Waals surface area contributed by atoms with Crippen molar-refractivity contribution in [1.29, 1.82) is 0 Å². The molecule has 0 unspecified atom stereocenters. The van der Waals surface area contributed by atoms with Crippen molar-refractivity contribution in [2.45, 2.75) is 11.5 Å². The molecule has 0 saturated carbocycles. The third kappa shape index (κ3) is 2.69. The molecule has 1 aromatic heterocycles. The average Bonchev–Trinajstić information content (AvgIpc) is 2.78. The lowest BCUT2D eigenvalue weighted by atomic mass is 10.1. The molecule has 1 aromatic carbocycles. The second-order valence-electron chi connectivity index (χ2n) is 3.40. The summed E-state index contributed by atoms with van der Waals surface area (Å²) in [5.74, 6) is 0.110. The maximum atomic E-state index is 12.3. The minimum Gasteiger partial charge on any atom is -0.356 e. The van der Waals surface area contributed by atoms with Gasteiger partial charge in [-0.2, -0.15) is 13.2 Å². The lowest BCUT2D eigenvalue weighted by Crippen LogP contribution is -2.04. The van der Waals surface area contributed by atoms with Crippen molar-refractivity contribution >= 4 is 15.9 Å². The third-order valence-corrected chi connectivity index (χ3v) is 2.84. The Morgan fingerprint density at radius 1 is 1.18 bits per heavy atom. The largest absolute Gasteiger partial charge is 0.436 e. The summed E-state index contributed by atoms with van der Waals surface area (Å²) in [5, 5.41) is 3.69. The predicted octanol–water partition coefficient (Wildman–Crippen LogP) is 4.26. The normalized spacial score (nSPS) is 11.8. The monoisotopic (exact) mass is 305 g/mol. The van der Waals surface area contributed by atoms with Crippen LogP contribution in [-0.2, 0) is 11.5 Å². The number of rotatable bonds is 2. The van der Waals surface area contributed by atoms with Crippen molar-refractivity contribution < 1.29 is 17.7 Å². The maximum Gasteiger partial charge on any atom is 0.436 e. The van der Waals surface area contributed by atoms with Gasteiger partial charge in [-0.1, -0.05) is 45.4 Å². The molecule has 90 valence electrons. The van der Waals surface area contributed by atoms with Crippen molar-refractivity contribution in [3.05, 3.63) is 41.6 Å². The van der Waals surface area contributed by atoms with E-state index in [0.717, 1.165) is 11.6 Å². The molecule has 0 fully saturated rings. The Morgan fingerprint density at radius 2 is 1.82 bits per heavy atom. The second kappa shape index (κ2) is 4.52. The molecule has 0 saturated heterocycles. The van der Waals surface area contributed by atoms with E-state index in [4.69, 9.17) is 0 Å². The van der Waals surface area contributed by atoms with E-state index in [2.05, 4.69) is 25.6 Å². The van der Waals surface area contributed by atoms with Gasteiger partial charge in [0, 0.05) is 17.0 Å². The van der Waals surface area contributed by atoms with Crippen LogP contribution in [0.3, 0.4) is 0 Å². The zero-order chi connectivity index (χ0) is 12.5. The van der Waals surface area contributed by atoms with Crippen molar-refractivity contribution in [3.8, 4) is 11.3 Å². The van der Waals surface area contributed by atoms with Crippen LogP contribution in [0.25, 0.3) is 11.3 Å². The SMILES string of the molecule is FC(F)(F)c1cc(-c2ccc(CBr)cc2)on1. The standard InChI is InChI=1S/C11H7BrF3NO/c12-6-7-1-3-8(4-2-7)9-5-10(16-17-9)11(13,14)15/h1-5H,6H2. The molecule has 2 rings (SSSR count). The van der Waals surface area contributed by atoms with E-state index in [9.17, 15) is 13.2 Å². The first-order chi connectivity index (χ1) is 8.00. The molecular weight excluding hydrogens is 299 g/mol. The smallest absolute Gasteiger partial charge is 0.356 e. The quantitative estimate of drug-likeness (QED) is 0.775. The highest BCUT2D eigenvalue weighted by Crippen LogP contribution is 2.31. The molecule has 0 N–H and O–H groups in total. The Kier molecular flexibility index (Phi) is 3.24. The maximum absolute atomic E-state index is 12.3. The minimum atomic E-state index is -4.47. The van der Waals surface area contributed by atoms with E-state index in [1.807, 2.05) is 0 Å². The summed E-state index contributed by atoms with van der Waals surface area (Å²) in [6, 6.07) is 7.89. The molecule has 0 radical (unpaired) electrons. The molecule has 6 heteroatoms. The Balaban J connectivity index is 2.30. The van der Waals surface area contributed by atoms with Crippen LogP contribution in [0.4, 0.5) is 13.2 Å². The lowest BCUT2D eigenvalue weighted by molar-refractivity contribution is -0.142. The molecule has 0 aliphatic rings. The summed E-state index contributed by atoms with van der Waals surface area (Å²) in [6.45, 7) is 0. The van der Waals surface area contributed by atoms with Crippen LogP contribution in [0, 0.1) is 0 Å². The number of hydrogen-bond acceptors (Lipinski definition) is 2. The fraction of sp³-hybridized carbons (Fsp3) is 0.182. The van der Waals surface area contributed by atoms with Gasteiger partial charge in [0.15, 0.2) is 11.5 Å². The Labute approximate surface area is 104 Å². The van der Waals surface area contributed by atoms with E-state index in [0.29, 0.717) is 10.9 Å². The molecule has 0 spiro atoms. The third-order valence-electron chi connectivity index (χ3n) is 2.19. The molecular formula is C11H7BrF3NO. The van der Waals surface area contributed by atoms with Gasteiger partial charge in [0.1, 0.15) is 0 Å². The highest BCUT2D eigenvalue weighted by atomic mass is 79.9. The van der Waals surface area contributed by atoms with E-state index < -0.39 is 11.9 Å². The highest BCUT2D eigenvalue weighted by Gasteiger charge is 2.35. The van der Waals surface area contributed by atoms with E-state index >= 15 is 0 Å². The molecule has 1 heterocycles. The summed E-state index contributed by atoms with van der Waals surface area (Å²) >= 11 is 3.28. The van der Waals surface area contributed by atoms with Gasteiger partial charge in [0.2, 0.25) is 0 Å². The topological polar surface area (TPSA) is 26.0 Å². The van der Waals surface area contributed by atoms with E-state index in [1.165, 1.54) is 0 Å². The van der Waals surface area contributed by atoms with Crippen molar-refractivity contribution in [3.63, 3.8) is 0 Å². The van der Waals surface area contributed by atoms with Crippen LogP contribution in [-0.4, -0.2) is 5.16 Å². The first-order valence-electron chi connectivity index (χ1n) is 4.70. The molecule has 0 bridgehead atoms. The highest BCUT2D eigenvalue weighted by molar-refractivity contribution is 9.08. The number of nitrogens with zero attached hydrogens (tertiary/aromatic N) is 1. The Bertz CT molecular complexity index is 504. The van der Waals surface area contributed by atoms with Crippen LogP contribution in [0.1, 0.15) is 11.3 Å². The Morgan fingerprint density at radius 3 is 2.29 bits per heavy atom. The van der Waals surface area contributed by atoms with Gasteiger partial charge >= 0.3 is 6.18 Å². The minimum absolute atomic E-state index is 0.110. The second-order valence-corrected chi connectivity index (χ2v) is 3.97. The van der Waals surface area contributed by atoms with Gasteiger partial charge in [0.25, 0.3) is 0 Å². The van der Waals surface area contributed by atoms with Crippen molar-refractivity contribution in [2.24, 2.45) is 0 Å². The van der Waals surface area contributed by atoms with Gasteiger partial charge in [0.05, 0.1) is 0 Å². The number of halogens is 4. The molecule has 0 amide bonds. The predicted molar refractivity (Wildman–Crippen MR) is 59.6 cm³/mol. The summed E-state index contributed by atoms with van der Waals surface area (Å²) < 4.78 is 41.6. The Hall–Kier alpha value is -1.30. The zero-order valence-corrected chi connectivity index (χ0v) is 10.0. The van der Waals surface area contributed by atoms with Crippen LogP contribution in [0.5, 0.6) is 0 Å². The first kappa shape index (κ1) is 12.2. The van der Waals surface area contributed by atoms with Gasteiger partial charge in [-0.3, -0.25) is 0 Å². The lowest BCUT2D eigenvalue weighted by Gasteiger charge is -1.98. The van der Waals surface area contributed by atoms with E-state index in [1.54, 1.807) is 24.3 Å². The molecule has 0 aliphatic carbocycles. The first-order valence-corrected chi connectivity index (χ1v) is 5.82. The molecule has 2 nitrogen and oxygen atoms in total. The van der Waals surface area contributed by atoms with Crippen molar-refractivity contribution in [2.75, 3.05) is 0 Å². The zero-order valence-electron chi connectivity index (χ0n) is 8.46. The van der Waals surface area contributed by atoms with Gasteiger partial charge in [-0.25, -0.2) is 0 Å². The van der Waals surface area contributed by atoms with Crippen LogP contribution in [0.15, 0.2) is 34.9 Å². The summed E-state index contributed by atoms with van der Waals surface area (Å²) in [7, 11) is 0. The summed E-state index contributed by atoms with van der Waals surface area (Å²) in [6.07, 6.45) is -4.47. The van der Waals surface area contributed by atoms with Gasteiger partial charge in [-0.05, 0) is 5.56 Å². The summed E-state index contributed by atoms with van der Waals surface area (Å²) in [4.78, 5) is 0. The molecule has 2 aromatic rings. The molecule has 0 aliphatic heterocycles. The van der Waals surface area contributed by atoms with E-state index in [-0.39, 0.29) is 5.76 Å². The number of alkyl halides is 4. The van der Waals surface area contributed by atoms with Gasteiger partial charge in [-0.15, -0.1) is 0 Å². The summed E-state index contributed by atoms with van der Waals surface area (Å²) in [5.41, 5.74) is 0.582. The van der Waals surface area contributed by atoms with Crippen molar-refractivity contribution in [1.82, 2.24) is 5.16 Å². The fourth-order valence-corrected chi connectivity index (χ4v) is 1.68. The molecule has 0 atom stereocenters. The number of hydrogen-bond donors (Lipinski definition) is 0. The average molecular weight is 306 g/mol. The molecule has 17 heavy (non-hydrogen) atoms. The van der Waals surface area contributed by atoms with Crippen LogP contribution >= 0.6 is 15.9 Å². The van der Waals surface area contributed by atoms with Crippen LogP contribution < -0.4 is 0 Å². The van der Waals surface area contributed by atoms with Gasteiger partial charge < -0.3 is 4.52 Å². The van der Waals surface area contributed by atoms with Crippen LogP contribution in [0.2, 0.25) is 0 Å². The fourth-order valence-electron chi connectivity index (χ4n) is 1.30. The number of benzene rings is 1.